The maximum Gasteiger partial charge on any atom is 0.330 e. The average molecular weight is 281 g/mol. The molecule has 2 amide bonds. The number of carboxylic acid groups (broad SMARTS) is 1. The number of amides is 2. The fraction of sp³-hybridized carbons (Fsp3) is 0.308. The normalized spacial score (nSPS) is 19.8. The summed E-state index contributed by atoms with van der Waals surface area (Å²) in [7, 11) is 0. The highest BCUT2D eigenvalue weighted by Crippen LogP contribution is 2.42. The van der Waals surface area contributed by atoms with Gasteiger partial charge in [0.1, 0.15) is 5.54 Å². The van der Waals surface area contributed by atoms with Crippen molar-refractivity contribution in [1.29, 1.82) is 0 Å². The minimum atomic E-state index is -1.58. The molecule has 0 aromatic heterocycles. The molecule has 1 N–H and O–H groups in total. The van der Waals surface area contributed by atoms with Crippen LogP contribution in [-0.2, 0) is 4.79 Å². The molecule has 1 aromatic rings. The number of nitrogens with zero attached hydrogens (tertiary/aromatic N) is 1. The Labute approximate surface area is 111 Å². The Morgan fingerprint density at radius 2 is 1.55 bits per heavy atom. The van der Waals surface area contributed by atoms with Crippen molar-refractivity contribution >= 4 is 17.8 Å². The first-order chi connectivity index (χ1) is 9.38. The lowest BCUT2D eigenvalue weighted by atomic mass is 9.75. The molecule has 0 saturated heterocycles. The zero-order valence-electron chi connectivity index (χ0n) is 10.2. The van der Waals surface area contributed by atoms with Gasteiger partial charge in [-0.3, -0.25) is 14.5 Å². The number of hydrogen-bond acceptors (Lipinski definition) is 3. The minimum Gasteiger partial charge on any atom is -0.479 e. The summed E-state index contributed by atoms with van der Waals surface area (Å²) >= 11 is 0. The van der Waals surface area contributed by atoms with E-state index in [1.807, 2.05) is 0 Å². The van der Waals surface area contributed by atoms with Gasteiger partial charge in [0.15, 0.2) is 11.6 Å². The Bertz CT molecular complexity index is 626. The van der Waals surface area contributed by atoms with Crippen molar-refractivity contribution in [3.8, 4) is 0 Å². The first-order valence-corrected chi connectivity index (χ1v) is 6.00. The predicted molar refractivity (Wildman–Crippen MR) is 61.1 cm³/mol. The van der Waals surface area contributed by atoms with E-state index < -0.39 is 35.0 Å². The van der Waals surface area contributed by atoms with E-state index in [2.05, 4.69) is 0 Å². The molecule has 1 saturated carbocycles. The van der Waals surface area contributed by atoms with E-state index in [4.69, 9.17) is 0 Å². The Hall–Kier alpha value is -2.31. The lowest BCUT2D eigenvalue weighted by Gasteiger charge is -2.43. The van der Waals surface area contributed by atoms with Crippen LogP contribution in [0.5, 0.6) is 0 Å². The topological polar surface area (TPSA) is 74.7 Å². The predicted octanol–water partition coefficient (Wildman–Crippen LogP) is 1.57. The number of halogens is 2. The van der Waals surface area contributed by atoms with Crippen LogP contribution in [0.3, 0.4) is 0 Å². The molecule has 7 heteroatoms. The maximum absolute atomic E-state index is 13.2. The van der Waals surface area contributed by atoms with Crippen molar-refractivity contribution in [3.63, 3.8) is 0 Å². The number of carboxylic acids is 1. The summed E-state index contributed by atoms with van der Waals surface area (Å²) in [5.41, 5.74) is -2.16. The van der Waals surface area contributed by atoms with Gasteiger partial charge in [0.05, 0.1) is 11.1 Å². The molecule has 1 aliphatic heterocycles. The molecular weight excluding hydrogens is 272 g/mol. The van der Waals surface area contributed by atoms with Gasteiger partial charge < -0.3 is 5.11 Å². The van der Waals surface area contributed by atoms with E-state index in [0.29, 0.717) is 23.5 Å². The highest BCUT2D eigenvalue weighted by atomic mass is 19.2. The van der Waals surface area contributed by atoms with Gasteiger partial charge >= 0.3 is 5.97 Å². The summed E-state index contributed by atoms with van der Waals surface area (Å²) in [4.78, 5) is 36.3. The Morgan fingerprint density at radius 3 is 1.85 bits per heavy atom. The molecule has 20 heavy (non-hydrogen) atoms. The molecule has 0 radical (unpaired) electrons. The fourth-order valence-electron chi connectivity index (χ4n) is 2.67. The molecular formula is C13H9F2NO4. The quantitative estimate of drug-likeness (QED) is 0.835. The molecule has 0 atom stereocenters. The van der Waals surface area contributed by atoms with Gasteiger partial charge in [0, 0.05) is 0 Å². The van der Waals surface area contributed by atoms with Crippen LogP contribution in [-0.4, -0.2) is 33.3 Å². The van der Waals surface area contributed by atoms with Gasteiger partial charge in [-0.1, -0.05) is 0 Å². The molecule has 2 aliphatic rings. The van der Waals surface area contributed by atoms with Crippen molar-refractivity contribution in [3.05, 3.63) is 34.9 Å². The van der Waals surface area contributed by atoms with Crippen LogP contribution >= 0.6 is 0 Å². The summed E-state index contributed by atoms with van der Waals surface area (Å²) in [5, 5.41) is 9.27. The fourth-order valence-corrected chi connectivity index (χ4v) is 2.67. The molecule has 0 unspecified atom stereocenters. The highest BCUT2D eigenvalue weighted by molar-refractivity contribution is 6.23. The van der Waals surface area contributed by atoms with Gasteiger partial charge in [-0.15, -0.1) is 0 Å². The van der Waals surface area contributed by atoms with Gasteiger partial charge in [0.2, 0.25) is 0 Å². The van der Waals surface area contributed by atoms with Crippen LogP contribution in [0.2, 0.25) is 0 Å². The summed E-state index contributed by atoms with van der Waals surface area (Å²) < 4.78 is 26.4. The minimum absolute atomic E-state index is 0.152. The van der Waals surface area contributed by atoms with Crippen molar-refractivity contribution in [2.45, 2.75) is 24.8 Å². The molecule has 1 heterocycles. The second-order valence-electron chi connectivity index (χ2n) is 4.95. The molecule has 104 valence electrons. The van der Waals surface area contributed by atoms with Crippen molar-refractivity contribution in [2.75, 3.05) is 0 Å². The Kier molecular flexibility index (Phi) is 2.44. The SMILES string of the molecule is O=C1c2cc(F)c(F)cc2C(=O)N1C1(C(=O)O)CCC1. The number of aliphatic carboxylic acids is 1. The number of imide groups is 1. The molecule has 0 bridgehead atoms. The summed E-state index contributed by atoms with van der Waals surface area (Å²) in [6, 6.07) is 1.28. The van der Waals surface area contributed by atoms with Crippen LogP contribution in [0.15, 0.2) is 12.1 Å². The number of rotatable bonds is 2. The van der Waals surface area contributed by atoms with Gasteiger partial charge in [-0.2, -0.15) is 0 Å². The summed E-state index contributed by atoms with van der Waals surface area (Å²) in [6.07, 6.45) is 0.875. The second-order valence-corrected chi connectivity index (χ2v) is 4.95. The lowest BCUT2D eigenvalue weighted by molar-refractivity contribution is -0.153. The van der Waals surface area contributed by atoms with Crippen LogP contribution in [0, 0.1) is 11.6 Å². The molecule has 1 aliphatic carbocycles. The van der Waals surface area contributed by atoms with Crippen molar-refractivity contribution < 1.29 is 28.3 Å². The lowest BCUT2D eigenvalue weighted by Crippen LogP contribution is -2.61. The van der Waals surface area contributed by atoms with Crippen LogP contribution in [0.4, 0.5) is 8.78 Å². The van der Waals surface area contributed by atoms with Crippen LogP contribution in [0.1, 0.15) is 40.0 Å². The van der Waals surface area contributed by atoms with E-state index in [1.165, 1.54) is 0 Å². The second kappa shape index (κ2) is 3.84. The number of carbonyl (C=O) groups is 3. The molecule has 3 rings (SSSR count). The van der Waals surface area contributed by atoms with Crippen molar-refractivity contribution in [1.82, 2.24) is 4.90 Å². The molecule has 1 fully saturated rings. The van der Waals surface area contributed by atoms with Gasteiger partial charge in [0.25, 0.3) is 11.8 Å². The summed E-state index contributed by atoms with van der Waals surface area (Å²) in [5.74, 6) is -5.54. The van der Waals surface area contributed by atoms with E-state index in [1.54, 1.807) is 0 Å². The number of benzene rings is 1. The first-order valence-electron chi connectivity index (χ1n) is 6.00. The highest BCUT2D eigenvalue weighted by Gasteiger charge is 2.57. The monoisotopic (exact) mass is 281 g/mol. The molecule has 5 nitrogen and oxygen atoms in total. The van der Waals surface area contributed by atoms with E-state index in [0.717, 1.165) is 0 Å². The van der Waals surface area contributed by atoms with Crippen LogP contribution < -0.4 is 0 Å². The number of hydrogen-bond donors (Lipinski definition) is 1. The number of carbonyl (C=O) groups excluding carboxylic acids is 2. The third-order valence-electron chi connectivity index (χ3n) is 3.93. The zero-order valence-corrected chi connectivity index (χ0v) is 10.2. The Morgan fingerprint density at radius 1 is 1.10 bits per heavy atom. The van der Waals surface area contributed by atoms with Gasteiger partial charge in [-0.05, 0) is 31.4 Å². The summed E-state index contributed by atoms with van der Waals surface area (Å²) in [6.45, 7) is 0. The standard InChI is InChI=1S/C13H9F2NO4/c14-8-4-6-7(5-9(8)15)11(18)16(10(6)17)13(12(19)20)2-1-3-13/h4-5H,1-3H2,(H,19,20). The van der Waals surface area contributed by atoms with E-state index >= 15 is 0 Å². The molecule has 1 aromatic carbocycles. The molecule has 0 spiro atoms. The van der Waals surface area contributed by atoms with Crippen molar-refractivity contribution in [2.24, 2.45) is 0 Å². The number of fused-ring (bicyclic) bond motifs is 1. The average Bonchev–Trinajstić information content (AvgIpc) is 2.54. The maximum atomic E-state index is 13.2. The third-order valence-corrected chi connectivity index (χ3v) is 3.93. The van der Waals surface area contributed by atoms with E-state index in [9.17, 15) is 28.3 Å². The first kappa shape index (κ1) is 12.7. The third kappa shape index (κ3) is 1.37. The largest absolute Gasteiger partial charge is 0.479 e. The van der Waals surface area contributed by atoms with E-state index in [-0.39, 0.29) is 24.0 Å². The van der Waals surface area contributed by atoms with Crippen LogP contribution in [0.25, 0.3) is 0 Å². The smallest absolute Gasteiger partial charge is 0.330 e. The Balaban J connectivity index is 2.12. The zero-order chi connectivity index (χ0) is 14.7. The van der Waals surface area contributed by atoms with Gasteiger partial charge in [-0.25, -0.2) is 13.6 Å².